The van der Waals surface area contributed by atoms with Crippen LogP contribution in [-0.2, 0) is 5.88 Å². The van der Waals surface area contributed by atoms with Gasteiger partial charge in [-0.05, 0) is 43.3 Å². The molecule has 0 saturated carbocycles. The Balaban J connectivity index is 2.16. The minimum absolute atomic E-state index is 0.301. The Morgan fingerprint density at radius 3 is 2.29 bits per heavy atom. The zero-order valence-corrected chi connectivity index (χ0v) is 12.4. The van der Waals surface area contributed by atoms with E-state index >= 15 is 0 Å². The summed E-state index contributed by atoms with van der Waals surface area (Å²) in [5.74, 6) is 1.78. The van der Waals surface area contributed by atoms with Crippen molar-refractivity contribution in [1.29, 1.82) is 0 Å². The molecule has 0 aliphatic rings. The lowest BCUT2D eigenvalue weighted by atomic mass is 10.2. The van der Waals surface area contributed by atoms with E-state index in [9.17, 15) is 0 Å². The molecule has 0 aliphatic heterocycles. The van der Waals surface area contributed by atoms with E-state index in [1.54, 1.807) is 0 Å². The van der Waals surface area contributed by atoms with E-state index < -0.39 is 0 Å². The molecule has 0 amide bonds. The van der Waals surface area contributed by atoms with Crippen molar-refractivity contribution >= 4 is 17.3 Å². The molecule has 5 heteroatoms. The average molecular weight is 299 g/mol. The first-order valence-corrected chi connectivity index (χ1v) is 7.15. The van der Waals surface area contributed by atoms with Crippen molar-refractivity contribution in [2.24, 2.45) is 0 Å². The second-order valence-corrected chi connectivity index (χ2v) is 5.13. The average Bonchev–Trinajstić information content (AvgIpc) is 2.93. The molecular weight excluding hydrogens is 284 g/mol. The molecule has 0 unspecified atom stereocenters. The van der Waals surface area contributed by atoms with Crippen LogP contribution in [0.15, 0.2) is 48.5 Å². The molecule has 2 aromatic carbocycles. The fourth-order valence-electron chi connectivity index (χ4n) is 2.19. The number of rotatable bonds is 3. The third-order valence-electron chi connectivity index (χ3n) is 3.31. The number of halogens is 1. The Kier molecular flexibility index (Phi) is 3.62. The summed E-state index contributed by atoms with van der Waals surface area (Å²) in [7, 11) is 0. The van der Waals surface area contributed by atoms with E-state index in [0.717, 1.165) is 22.8 Å². The van der Waals surface area contributed by atoms with Crippen molar-refractivity contribution in [3.05, 3.63) is 59.9 Å². The largest absolute Gasteiger partial charge is 0.399 e. The molecule has 0 radical (unpaired) electrons. The van der Waals surface area contributed by atoms with Crippen LogP contribution in [0.25, 0.3) is 17.1 Å². The van der Waals surface area contributed by atoms with Crippen LogP contribution in [0.2, 0.25) is 0 Å². The van der Waals surface area contributed by atoms with E-state index in [1.165, 1.54) is 5.56 Å². The number of nitrogens with two attached hydrogens (primary N) is 1. The van der Waals surface area contributed by atoms with Gasteiger partial charge in [0.2, 0.25) is 0 Å². The second-order valence-electron chi connectivity index (χ2n) is 4.87. The van der Waals surface area contributed by atoms with Gasteiger partial charge in [-0.1, -0.05) is 17.7 Å². The normalized spacial score (nSPS) is 10.8. The van der Waals surface area contributed by atoms with Crippen LogP contribution >= 0.6 is 11.6 Å². The number of aromatic nitrogens is 3. The fraction of sp³-hybridized carbons (Fsp3) is 0.125. The summed E-state index contributed by atoms with van der Waals surface area (Å²) in [6, 6.07) is 15.8. The standard InChI is InChI=1S/C16H15ClN4/c1-11-2-8-14(9-3-11)21-15(10-17)19-20-16(21)12-4-6-13(18)7-5-12/h2-9H,10,18H2,1H3. The molecule has 1 aromatic heterocycles. The number of aryl methyl sites for hydroxylation is 1. The lowest BCUT2D eigenvalue weighted by molar-refractivity contribution is 0.952. The second kappa shape index (κ2) is 5.58. The molecule has 0 aliphatic carbocycles. The van der Waals surface area contributed by atoms with Gasteiger partial charge in [0.1, 0.15) is 0 Å². The summed E-state index contributed by atoms with van der Waals surface area (Å²) < 4.78 is 1.97. The van der Waals surface area contributed by atoms with Crippen LogP contribution < -0.4 is 5.73 Å². The van der Waals surface area contributed by atoms with Gasteiger partial charge in [-0.15, -0.1) is 21.8 Å². The summed E-state index contributed by atoms with van der Waals surface area (Å²) in [4.78, 5) is 0. The third-order valence-corrected chi connectivity index (χ3v) is 3.55. The molecule has 21 heavy (non-hydrogen) atoms. The van der Waals surface area contributed by atoms with Gasteiger partial charge in [-0.3, -0.25) is 4.57 Å². The highest BCUT2D eigenvalue weighted by Crippen LogP contribution is 2.24. The Hall–Kier alpha value is -2.33. The summed E-state index contributed by atoms with van der Waals surface area (Å²) in [6.07, 6.45) is 0. The van der Waals surface area contributed by atoms with Crippen LogP contribution in [0.4, 0.5) is 5.69 Å². The maximum atomic E-state index is 6.00. The number of nitrogen functional groups attached to an aromatic ring is 1. The van der Waals surface area contributed by atoms with E-state index in [0.29, 0.717) is 11.7 Å². The first-order chi connectivity index (χ1) is 10.2. The molecule has 3 rings (SSSR count). The fourth-order valence-corrected chi connectivity index (χ4v) is 2.36. The van der Waals surface area contributed by atoms with E-state index in [2.05, 4.69) is 29.3 Å². The molecule has 0 bridgehead atoms. The van der Waals surface area contributed by atoms with Crippen LogP contribution in [0, 0.1) is 6.92 Å². The molecular formula is C16H15ClN4. The maximum Gasteiger partial charge on any atom is 0.168 e. The van der Waals surface area contributed by atoms with Crippen LogP contribution in [0.5, 0.6) is 0 Å². The molecule has 106 valence electrons. The SMILES string of the molecule is Cc1ccc(-n2c(CCl)nnc2-c2ccc(N)cc2)cc1. The Labute approximate surface area is 128 Å². The highest BCUT2D eigenvalue weighted by atomic mass is 35.5. The van der Waals surface area contributed by atoms with Crippen LogP contribution in [-0.4, -0.2) is 14.8 Å². The number of benzene rings is 2. The number of hydrogen-bond acceptors (Lipinski definition) is 3. The lowest BCUT2D eigenvalue weighted by Gasteiger charge is -2.10. The molecule has 4 nitrogen and oxygen atoms in total. The summed E-state index contributed by atoms with van der Waals surface area (Å²) in [6.45, 7) is 2.05. The van der Waals surface area contributed by atoms with Gasteiger partial charge >= 0.3 is 0 Å². The maximum absolute atomic E-state index is 6.00. The Bertz CT molecular complexity index is 745. The highest BCUT2D eigenvalue weighted by Gasteiger charge is 2.14. The monoisotopic (exact) mass is 298 g/mol. The zero-order valence-electron chi connectivity index (χ0n) is 11.6. The molecule has 2 N–H and O–H groups in total. The molecule has 0 saturated heterocycles. The van der Waals surface area contributed by atoms with Gasteiger partial charge in [0.05, 0.1) is 5.88 Å². The van der Waals surface area contributed by atoms with Gasteiger partial charge < -0.3 is 5.73 Å². The minimum atomic E-state index is 0.301. The van der Waals surface area contributed by atoms with E-state index in [4.69, 9.17) is 17.3 Å². The van der Waals surface area contributed by atoms with E-state index in [1.807, 2.05) is 41.0 Å². The number of alkyl halides is 1. The van der Waals surface area contributed by atoms with Gasteiger partial charge in [-0.25, -0.2) is 0 Å². The summed E-state index contributed by atoms with van der Waals surface area (Å²) in [5.41, 5.74) is 9.61. The summed E-state index contributed by atoms with van der Waals surface area (Å²) >= 11 is 6.00. The summed E-state index contributed by atoms with van der Waals surface area (Å²) in [5, 5.41) is 8.46. The van der Waals surface area contributed by atoms with Crippen molar-refractivity contribution in [2.45, 2.75) is 12.8 Å². The van der Waals surface area contributed by atoms with Crippen LogP contribution in [0.3, 0.4) is 0 Å². The van der Waals surface area contributed by atoms with Crippen molar-refractivity contribution in [1.82, 2.24) is 14.8 Å². The predicted octanol–water partition coefficient (Wildman–Crippen LogP) is 3.56. The van der Waals surface area contributed by atoms with Gasteiger partial charge in [0, 0.05) is 16.9 Å². The predicted molar refractivity (Wildman–Crippen MR) is 85.5 cm³/mol. The van der Waals surface area contributed by atoms with Crippen LogP contribution in [0.1, 0.15) is 11.4 Å². The van der Waals surface area contributed by atoms with Gasteiger partial charge in [0.15, 0.2) is 11.6 Å². The number of anilines is 1. The number of hydrogen-bond donors (Lipinski definition) is 1. The van der Waals surface area contributed by atoms with Crippen molar-refractivity contribution in [3.8, 4) is 17.1 Å². The topological polar surface area (TPSA) is 56.7 Å². The van der Waals surface area contributed by atoms with Gasteiger partial charge in [-0.2, -0.15) is 0 Å². The van der Waals surface area contributed by atoms with Crippen molar-refractivity contribution < 1.29 is 0 Å². The lowest BCUT2D eigenvalue weighted by Crippen LogP contribution is -2.01. The quantitative estimate of drug-likeness (QED) is 0.594. The number of nitrogens with zero attached hydrogens (tertiary/aromatic N) is 3. The Morgan fingerprint density at radius 1 is 1.00 bits per heavy atom. The molecule has 0 spiro atoms. The molecule has 0 atom stereocenters. The van der Waals surface area contributed by atoms with Crippen molar-refractivity contribution in [3.63, 3.8) is 0 Å². The van der Waals surface area contributed by atoms with Crippen molar-refractivity contribution in [2.75, 3.05) is 5.73 Å². The highest BCUT2D eigenvalue weighted by molar-refractivity contribution is 6.16. The molecule has 1 heterocycles. The Morgan fingerprint density at radius 2 is 1.67 bits per heavy atom. The zero-order chi connectivity index (χ0) is 14.8. The first kappa shape index (κ1) is 13.6. The smallest absolute Gasteiger partial charge is 0.168 e. The molecule has 3 aromatic rings. The third kappa shape index (κ3) is 2.62. The first-order valence-electron chi connectivity index (χ1n) is 6.62. The molecule has 0 fully saturated rings. The minimum Gasteiger partial charge on any atom is -0.399 e. The van der Waals surface area contributed by atoms with Gasteiger partial charge in [0.25, 0.3) is 0 Å². The van der Waals surface area contributed by atoms with E-state index in [-0.39, 0.29) is 0 Å².